The number of hydrogen-bond acceptors (Lipinski definition) is 1. The predicted octanol–water partition coefficient (Wildman–Crippen LogP) is 2.73. The molecule has 1 aromatic rings. The summed E-state index contributed by atoms with van der Waals surface area (Å²) in [5.41, 5.74) is 4.72. The number of alkyl halides is 3. The van der Waals surface area contributed by atoms with Crippen LogP contribution in [0.4, 0.5) is 17.6 Å². The van der Waals surface area contributed by atoms with Crippen LogP contribution in [-0.2, 0) is 12.6 Å². The standard InChI is InChI=1S/C10H11F4N/c1-6(15)2-7-3-8(10(12,13)14)5-9(11)4-7/h3-6H,2,15H2,1H3. The molecule has 0 radical (unpaired) electrons. The van der Waals surface area contributed by atoms with E-state index in [0.29, 0.717) is 6.07 Å². The van der Waals surface area contributed by atoms with Gasteiger partial charge in [-0.05, 0) is 37.1 Å². The third kappa shape index (κ3) is 3.51. The Balaban J connectivity index is 3.06. The molecule has 1 nitrogen and oxygen atoms in total. The van der Waals surface area contributed by atoms with Gasteiger partial charge in [0.05, 0.1) is 5.56 Å². The van der Waals surface area contributed by atoms with Crippen LogP contribution in [0.2, 0.25) is 0 Å². The van der Waals surface area contributed by atoms with Gasteiger partial charge in [-0.1, -0.05) is 0 Å². The number of halogens is 4. The highest BCUT2D eigenvalue weighted by molar-refractivity contribution is 5.27. The summed E-state index contributed by atoms with van der Waals surface area (Å²) in [6, 6.07) is 2.17. The van der Waals surface area contributed by atoms with Gasteiger partial charge in [0, 0.05) is 6.04 Å². The van der Waals surface area contributed by atoms with Gasteiger partial charge in [-0.15, -0.1) is 0 Å². The second kappa shape index (κ2) is 4.18. The highest BCUT2D eigenvalue weighted by atomic mass is 19.4. The largest absolute Gasteiger partial charge is 0.416 e. The molecule has 0 aromatic heterocycles. The topological polar surface area (TPSA) is 26.0 Å². The average Bonchev–Trinajstić information content (AvgIpc) is 1.99. The monoisotopic (exact) mass is 221 g/mol. The lowest BCUT2D eigenvalue weighted by Gasteiger charge is -2.10. The maximum Gasteiger partial charge on any atom is 0.416 e. The second-order valence-corrected chi connectivity index (χ2v) is 3.53. The van der Waals surface area contributed by atoms with E-state index in [0.717, 1.165) is 12.1 Å². The van der Waals surface area contributed by atoms with Crippen molar-refractivity contribution in [2.24, 2.45) is 5.73 Å². The van der Waals surface area contributed by atoms with E-state index in [1.807, 2.05) is 0 Å². The van der Waals surface area contributed by atoms with Crippen molar-refractivity contribution >= 4 is 0 Å². The summed E-state index contributed by atoms with van der Waals surface area (Å²) < 4.78 is 49.7. The molecular weight excluding hydrogens is 210 g/mol. The van der Waals surface area contributed by atoms with Gasteiger partial charge >= 0.3 is 6.18 Å². The Morgan fingerprint density at radius 1 is 1.27 bits per heavy atom. The maximum absolute atomic E-state index is 12.9. The Morgan fingerprint density at radius 3 is 2.33 bits per heavy atom. The third-order valence-electron chi connectivity index (χ3n) is 1.84. The minimum Gasteiger partial charge on any atom is -0.328 e. The van der Waals surface area contributed by atoms with Gasteiger partial charge in [0.25, 0.3) is 0 Å². The molecule has 1 rings (SSSR count). The van der Waals surface area contributed by atoms with E-state index in [-0.39, 0.29) is 18.0 Å². The van der Waals surface area contributed by atoms with Crippen LogP contribution >= 0.6 is 0 Å². The summed E-state index contributed by atoms with van der Waals surface area (Å²) in [4.78, 5) is 0. The van der Waals surface area contributed by atoms with E-state index in [4.69, 9.17) is 5.73 Å². The van der Waals surface area contributed by atoms with Gasteiger partial charge in [0.1, 0.15) is 5.82 Å². The summed E-state index contributed by atoms with van der Waals surface area (Å²) in [5, 5.41) is 0. The Bertz CT molecular complexity index is 344. The van der Waals surface area contributed by atoms with Crippen LogP contribution in [0.5, 0.6) is 0 Å². The van der Waals surface area contributed by atoms with E-state index >= 15 is 0 Å². The van der Waals surface area contributed by atoms with Crippen molar-refractivity contribution in [3.05, 3.63) is 35.1 Å². The van der Waals surface area contributed by atoms with Crippen molar-refractivity contribution in [3.8, 4) is 0 Å². The summed E-state index contributed by atoms with van der Waals surface area (Å²) in [6.07, 6.45) is -4.30. The van der Waals surface area contributed by atoms with Crippen molar-refractivity contribution in [2.45, 2.75) is 25.6 Å². The summed E-state index contributed by atoms with van der Waals surface area (Å²) >= 11 is 0. The molecule has 1 unspecified atom stereocenters. The Hall–Kier alpha value is -1.10. The molecule has 1 aromatic carbocycles. The molecule has 0 bridgehead atoms. The first-order valence-corrected chi connectivity index (χ1v) is 4.41. The van der Waals surface area contributed by atoms with Crippen LogP contribution < -0.4 is 5.73 Å². The molecule has 0 saturated carbocycles. The molecule has 0 aliphatic rings. The van der Waals surface area contributed by atoms with Crippen molar-refractivity contribution in [2.75, 3.05) is 0 Å². The van der Waals surface area contributed by atoms with Gasteiger partial charge in [0.2, 0.25) is 0 Å². The van der Waals surface area contributed by atoms with Gasteiger partial charge in [-0.3, -0.25) is 0 Å². The third-order valence-corrected chi connectivity index (χ3v) is 1.84. The van der Waals surface area contributed by atoms with Gasteiger partial charge in [-0.2, -0.15) is 13.2 Å². The predicted molar refractivity (Wildman–Crippen MR) is 48.8 cm³/mol. The minimum atomic E-state index is -4.52. The molecule has 0 aliphatic heterocycles. The quantitative estimate of drug-likeness (QED) is 0.763. The van der Waals surface area contributed by atoms with Crippen molar-refractivity contribution in [3.63, 3.8) is 0 Å². The number of nitrogens with two attached hydrogens (primary N) is 1. The summed E-state index contributed by atoms with van der Waals surface area (Å²) in [5.74, 6) is -0.888. The second-order valence-electron chi connectivity index (χ2n) is 3.53. The first-order chi connectivity index (χ1) is 6.79. The van der Waals surface area contributed by atoms with E-state index in [9.17, 15) is 17.6 Å². The Labute approximate surface area is 84.9 Å². The average molecular weight is 221 g/mol. The molecule has 0 amide bonds. The van der Waals surface area contributed by atoms with Crippen LogP contribution in [-0.4, -0.2) is 6.04 Å². The lowest BCUT2D eigenvalue weighted by molar-refractivity contribution is -0.137. The van der Waals surface area contributed by atoms with Crippen LogP contribution in [0, 0.1) is 5.82 Å². The Morgan fingerprint density at radius 2 is 1.87 bits per heavy atom. The first-order valence-electron chi connectivity index (χ1n) is 4.41. The van der Waals surface area contributed by atoms with E-state index in [1.165, 1.54) is 0 Å². The van der Waals surface area contributed by atoms with E-state index in [2.05, 4.69) is 0 Å². The fourth-order valence-corrected chi connectivity index (χ4v) is 1.30. The number of benzene rings is 1. The molecule has 0 aliphatic carbocycles. The molecule has 2 N–H and O–H groups in total. The van der Waals surface area contributed by atoms with Gasteiger partial charge in [-0.25, -0.2) is 4.39 Å². The molecule has 0 saturated heterocycles. The first kappa shape index (κ1) is 12.0. The van der Waals surface area contributed by atoms with E-state index < -0.39 is 17.6 Å². The zero-order valence-electron chi connectivity index (χ0n) is 8.11. The molecular formula is C10H11F4N. The molecule has 0 heterocycles. The smallest absolute Gasteiger partial charge is 0.328 e. The van der Waals surface area contributed by atoms with Crippen molar-refractivity contribution in [1.29, 1.82) is 0 Å². The molecule has 1 atom stereocenters. The minimum absolute atomic E-state index is 0.223. The van der Waals surface area contributed by atoms with Crippen LogP contribution in [0.25, 0.3) is 0 Å². The van der Waals surface area contributed by atoms with Gasteiger partial charge < -0.3 is 5.73 Å². The van der Waals surface area contributed by atoms with Crippen LogP contribution in [0.15, 0.2) is 18.2 Å². The molecule has 84 valence electrons. The fraction of sp³-hybridized carbons (Fsp3) is 0.400. The lowest BCUT2D eigenvalue weighted by atomic mass is 10.0. The molecule has 0 spiro atoms. The lowest BCUT2D eigenvalue weighted by Crippen LogP contribution is -2.18. The van der Waals surface area contributed by atoms with Crippen LogP contribution in [0.1, 0.15) is 18.1 Å². The zero-order chi connectivity index (χ0) is 11.6. The molecule has 5 heteroatoms. The SMILES string of the molecule is CC(N)Cc1cc(F)cc(C(F)(F)F)c1. The highest BCUT2D eigenvalue weighted by Gasteiger charge is 2.31. The highest BCUT2D eigenvalue weighted by Crippen LogP contribution is 2.30. The normalized spacial score (nSPS) is 14.0. The fourth-order valence-electron chi connectivity index (χ4n) is 1.30. The summed E-state index contributed by atoms with van der Waals surface area (Å²) in [6.45, 7) is 1.65. The molecule has 0 fully saturated rings. The molecule has 15 heavy (non-hydrogen) atoms. The number of hydrogen-bond donors (Lipinski definition) is 1. The van der Waals surface area contributed by atoms with E-state index in [1.54, 1.807) is 6.92 Å². The summed E-state index contributed by atoms with van der Waals surface area (Å²) in [7, 11) is 0. The van der Waals surface area contributed by atoms with Crippen molar-refractivity contribution < 1.29 is 17.6 Å². The zero-order valence-corrected chi connectivity index (χ0v) is 8.11. The van der Waals surface area contributed by atoms with Crippen LogP contribution in [0.3, 0.4) is 0 Å². The number of rotatable bonds is 2. The maximum atomic E-state index is 12.9. The van der Waals surface area contributed by atoms with Gasteiger partial charge in [0.15, 0.2) is 0 Å². The Kier molecular flexibility index (Phi) is 3.34. The van der Waals surface area contributed by atoms with Crippen molar-refractivity contribution in [1.82, 2.24) is 0 Å².